The number of nitrogens with one attached hydrogen (secondary N) is 1. The van der Waals surface area contributed by atoms with Crippen molar-refractivity contribution in [3.8, 4) is 21.8 Å². The van der Waals surface area contributed by atoms with Gasteiger partial charge in [0.15, 0.2) is 0 Å². The molecule has 1 saturated heterocycles. The molecule has 11 heteroatoms. The van der Waals surface area contributed by atoms with E-state index in [9.17, 15) is 21.8 Å². The molecule has 0 bridgehead atoms. The largest absolute Gasteiger partial charge is 0.490 e. The first-order valence-corrected chi connectivity index (χ1v) is 12.1. The highest BCUT2D eigenvalue weighted by molar-refractivity contribution is 7.87. The van der Waals surface area contributed by atoms with Crippen molar-refractivity contribution in [1.29, 1.82) is 0 Å². The molecule has 3 aromatic rings. The topological polar surface area (TPSA) is 45.2 Å². The van der Waals surface area contributed by atoms with Gasteiger partial charge in [0, 0.05) is 28.7 Å². The second-order valence-electron chi connectivity index (χ2n) is 7.33. The number of benzene rings is 2. The molecule has 0 spiro atoms. The monoisotopic (exact) mass is 503 g/mol. The Kier molecular flexibility index (Phi) is 6.85. The van der Waals surface area contributed by atoms with Crippen molar-refractivity contribution < 1.29 is 21.8 Å². The standard InChI is InChI=1S/C21H18ClF4N3OS2/c22-18-10-15(28-32(30)21(24,25)26)4-6-17(18)19-12-31-20(27-19)16-5-3-14(23)9-13(16)11-29-7-1-2-8-29/h3-6,9-10,12,28H,1-2,7-8,11H2. The highest BCUT2D eigenvalue weighted by Gasteiger charge is 2.37. The van der Waals surface area contributed by atoms with Crippen LogP contribution >= 0.6 is 22.9 Å². The summed E-state index contributed by atoms with van der Waals surface area (Å²) in [5.41, 5.74) is -2.12. The van der Waals surface area contributed by atoms with Gasteiger partial charge >= 0.3 is 5.51 Å². The van der Waals surface area contributed by atoms with Crippen molar-refractivity contribution in [2.24, 2.45) is 0 Å². The van der Waals surface area contributed by atoms with Crippen LogP contribution in [0.15, 0.2) is 41.8 Å². The zero-order valence-electron chi connectivity index (χ0n) is 16.6. The van der Waals surface area contributed by atoms with Gasteiger partial charge < -0.3 is 0 Å². The van der Waals surface area contributed by atoms with Crippen LogP contribution in [0.1, 0.15) is 18.4 Å². The Hall–Kier alpha value is -2.01. The average molecular weight is 504 g/mol. The van der Waals surface area contributed by atoms with Gasteiger partial charge in [0.25, 0.3) is 0 Å². The van der Waals surface area contributed by atoms with E-state index in [0.717, 1.165) is 37.1 Å². The van der Waals surface area contributed by atoms with Gasteiger partial charge in [-0.2, -0.15) is 13.2 Å². The Morgan fingerprint density at radius 1 is 1.12 bits per heavy atom. The SMILES string of the molecule is O=S(Nc1ccc(-c2csc(-c3ccc(F)cc3CN3CCCC3)n2)c(Cl)c1)C(F)(F)F. The van der Waals surface area contributed by atoms with Gasteiger partial charge in [-0.15, -0.1) is 11.3 Å². The Labute approximate surface area is 193 Å². The third kappa shape index (κ3) is 5.31. The number of alkyl halides is 3. The molecule has 1 fully saturated rings. The number of rotatable bonds is 6. The number of aromatic nitrogens is 1. The normalized spacial score (nSPS) is 15.8. The fourth-order valence-electron chi connectivity index (χ4n) is 3.56. The molecule has 0 amide bonds. The fraction of sp³-hybridized carbons (Fsp3) is 0.286. The molecule has 0 aliphatic carbocycles. The van der Waals surface area contributed by atoms with Crippen molar-refractivity contribution >= 4 is 39.6 Å². The van der Waals surface area contributed by atoms with Crippen LogP contribution in [0, 0.1) is 5.82 Å². The molecule has 0 saturated carbocycles. The van der Waals surface area contributed by atoms with Crippen molar-refractivity contribution in [3.63, 3.8) is 0 Å². The summed E-state index contributed by atoms with van der Waals surface area (Å²) < 4.78 is 64.5. The van der Waals surface area contributed by atoms with Crippen LogP contribution in [-0.2, 0) is 17.5 Å². The minimum atomic E-state index is -4.88. The molecule has 1 aromatic heterocycles. The van der Waals surface area contributed by atoms with Gasteiger partial charge in [-0.1, -0.05) is 11.6 Å². The first-order valence-electron chi connectivity index (χ1n) is 9.72. The van der Waals surface area contributed by atoms with Crippen LogP contribution in [0.4, 0.5) is 23.2 Å². The van der Waals surface area contributed by atoms with Crippen molar-refractivity contribution in [2.45, 2.75) is 24.9 Å². The van der Waals surface area contributed by atoms with Gasteiger partial charge in [0.1, 0.15) is 10.8 Å². The lowest BCUT2D eigenvalue weighted by molar-refractivity contribution is -0.0379. The zero-order valence-corrected chi connectivity index (χ0v) is 19.0. The van der Waals surface area contributed by atoms with Crippen LogP contribution in [-0.4, -0.2) is 32.7 Å². The van der Waals surface area contributed by atoms with Crippen LogP contribution < -0.4 is 4.72 Å². The Morgan fingerprint density at radius 2 is 1.84 bits per heavy atom. The van der Waals surface area contributed by atoms with Gasteiger partial charge in [0.05, 0.1) is 10.7 Å². The number of anilines is 1. The average Bonchev–Trinajstić information content (AvgIpc) is 3.40. The summed E-state index contributed by atoms with van der Waals surface area (Å²) in [6.07, 6.45) is 2.26. The molecule has 4 rings (SSSR count). The Balaban J connectivity index is 1.59. The summed E-state index contributed by atoms with van der Waals surface area (Å²) in [6, 6.07) is 8.80. The maximum absolute atomic E-state index is 13.9. The summed E-state index contributed by atoms with van der Waals surface area (Å²) >= 11 is 7.65. The summed E-state index contributed by atoms with van der Waals surface area (Å²) in [4.78, 5) is 6.92. The maximum atomic E-state index is 13.9. The van der Waals surface area contributed by atoms with Crippen LogP contribution in [0.5, 0.6) is 0 Å². The fourth-order valence-corrected chi connectivity index (χ4v) is 5.17. The lowest BCUT2D eigenvalue weighted by atomic mass is 10.1. The highest BCUT2D eigenvalue weighted by atomic mass is 35.5. The zero-order chi connectivity index (χ0) is 22.9. The van der Waals surface area contributed by atoms with E-state index in [1.54, 1.807) is 11.4 Å². The number of halogens is 5. The molecule has 1 aliphatic rings. The molecule has 1 aliphatic heterocycles. The van der Waals surface area contributed by atoms with Crippen molar-refractivity contribution in [3.05, 3.63) is 58.2 Å². The first kappa shape index (κ1) is 23.2. The second kappa shape index (κ2) is 9.46. The smallest absolute Gasteiger partial charge is 0.299 e. The molecular formula is C21H18ClF4N3OS2. The molecule has 2 aromatic carbocycles. The number of thiazole rings is 1. The first-order chi connectivity index (χ1) is 15.2. The maximum Gasteiger partial charge on any atom is 0.490 e. The molecule has 0 radical (unpaired) electrons. The Bertz CT molecular complexity index is 1150. The predicted octanol–water partition coefficient (Wildman–Crippen LogP) is 6.46. The van der Waals surface area contributed by atoms with E-state index in [-0.39, 0.29) is 16.5 Å². The molecule has 4 nitrogen and oxygen atoms in total. The van der Waals surface area contributed by atoms with Crippen molar-refractivity contribution in [2.75, 3.05) is 17.8 Å². The second-order valence-corrected chi connectivity index (χ2v) is 9.80. The number of hydrogen-bond donors (Lipinski definition) is 1. The molecule has 1 atom stereocenters. The van der Waals surface area contributed by atoms with E-state index in [1.165, 1.54) is 41.7 Å². The van der Waals surface area contributed by atoms with E-state index in [0.29, 0.717) is 22.8 Å². The van der Waals surface area contributed by atoms with E-state index in [4.69, 9.17) is 11.6 Å². The minimum absolute atomic E-state index is 0.0173. The minimum Gasteiger partial charge on any atom is -0.299 e. The summed E-state index contributed by atoms with van der Waals surface area (Å²) in [7, 11) is -3.23. The van der Waals surface area contributed by atoms with Crippen LogP contribution in [0.3, 0.4) is 0 Å². The van der Waals surface area contributed by atoms with Gasteiger partial charge in [-0.3, -0.25) is 9.62 Å². The summed E-state index contributed by atoms with van der Waals surface area (Å²) in [5, 5.41) is 2.66. The molecule has 1 N–H and O–H groups in total. The molecular weight excluding hydrogens is 486 g/mol. The summed E-state index contributed by atoms with van der Waals surface area (Å²) in [5.74, 6) is -0.304. The predicted molar refractivity (Wildman–Crippen MR) is 120 cm³/mol. The molecule has 1 unspecified atom stereocenters. The van der Waals surface area contributed by atoms with Gasteiger partial charge in [0.2, 0.25) is 11.0 Å². The lowest BCUT2D eigenvalue weighted by Gasteiger charge is -2.16. The van der Waals surface area contributed by atoms with Crippen molar-refractivity contribution in [1.82, 2.24) is 9.88 Å². The quantitative estimate of drug-likeness (QED) is 0.393. The molecule has 170 valence electrons. The lowest BCUT2D eigenvalue weighted by Crippen LogP contribution is -2.22. The molecule has 32 heavy (non-hydrogen) atoms. The number of nitrogens with zero attached hydrogens (tertiary/aromatic N) is 2. The number of likely N-dealkylation sites (tertiary alicyclic amines) is 1. The van der Waals surface area contributed by atoms with E-state index < -0.39 is 16.5 Å². The van der Waals surface area contributed by atoms with Crippen LogP contribution in [0.25, 0.3) is 21.8 Å². The van der Waals surface area contributed by atoms with E-state index in [1.807, 2.05) is 4.72 Å². The van der Waals surface area contributed by atoms with Gasteiger partial charge in [-0.05, 0) is 67.9 Å². The van der Waals surface area contributed by atoms with Gasteiger partial charge in [-0.25, -0.2) is 13.6 Å². The molecule has 2 heterocycles. The van der Waals surface area contributed by atoms with Crippen LogP contribution in [0.2, 0.25) is 5.02 Å². The van der Waals surface area contributed by atoms with E-state index >= 15 is 0 Å². The summed E-state index contributed by atoms with van der Waals surface area (Å²) in [6.45, 7) is 2.60. The van der Waals surface area contributed by atoms with E-state index in [2.05, 4.69) is 9.88 Å². The third-order valence-electron chi connectivity index (χ3n) is 5.06. The Morgan fingerprint density at radius 3 is 2.53 bits per heavy atom. The highest BCUT2D eigenvalue weighted by Crippen LogP contribution is 2.36. The third-order valence-corrected chi connectivity index (χ3v) is 7.09. The number of hydrogen-bond acceptors (Lipinski definition) is 4.